The monoisotopic (exact) mass is 701 g/mol. The second-order valence-corrected chi connectivity index (χ2v) is 11.7. The van der Waals surface area contributed by atoms with Crippen molar-refractivity contribution in [1.29, 1.82) is 0 Å². The zero-order valence-electron chi connectivity index (χ0n) is 25.5. The quantitative estimate of drug-likeness (QED) is 0.183. The van der Waals surface area contributed by atoms with E-state index in [-0.39, 0.29) is 50.9 Å². The molecule has 0 unspecified atom stereocenters. The number of hydrogen-bond donors (Lipinski definition) is 3. The smallest absolute Gasteiger partial charge is 0.433 e. The molecule has 48 heavy (non-hydrogen) atoms. The number of methoxy groups -OCH3 is 1. The summed E-state index contributed by atoms with van der Waals surface area (Å²) in [5.41, 5.74) is 0.790. The van der Waals surface area contributed by atoms with Crippen molar-refractivity contribution in [2.75, 3.05) is 25.6 Å². The molecule has 3 N–H and O–H groups in total. The van der Waals surface area contributed by atoms with Crippen LogP contribution >= 0.6 is 23.2 Å². The van der Waals surface area contributed by atoms with Gasteiger partial charge in [-0.25, -0.2) is 14.6 Å². The van der Waals surface area contributed by atoms with Gasteiger partial charge in [0.15, 0.2) is 0 Å². The summed E-state index contributed by atoms with van der Waals surface area (Å²) in [7, 11) is 2.86. The summed E-state index contributed by atoms with van der Waals surface area (Å²) in [5.74, 6) is -0.0561. The number of rotatable bonds is 8. The summed E-state index contributed by atoms with van der Waals surface area (Å²) < 4.78 is 53.0. The lowest BCUT2D eigenvalue weighted by atomic mass is 10.0. The second-order valence-electron chi connectivity index (χ2n) is 11.0. The van der Waals surface area contributed by atoms with Crippen molar-refractivity contribution < 1.29 is 27.8 Å². The highest BCUT2D eigenvalue weighted by atomic mass is 35.5. The molecule has 1 aliphatic rings. The highest BCUT2D eigenvalue weighted by Crippen LogP contribution is 2.42. The first kappa shape index (κ1) is 33.6. The Kier molecular flexibility index (Phi) is 9.54. The van der Waals surface area contributed by atoms with Crippen LogP contribution in [0.1, 0.15) is 17.8 Å². The molecule has 16 heteroatoms. The Bertz CT molecular complexity index is 2060. The number of aliphatic hydroxyl groups is 1. The van der Waals surface area contributed by atoms with Crippen molar-refractivity contribution in [3.63, 3.8) is 0 Å². The van der Waals surface area contributed by atoms with E-state index in [1.54, 1.807) is 42.6 Å². The maximum Gasteiger partial charge on any atom is 0.433 e. The fraction of sp³-hybridized carbons (Fsp3) is 0.281. The Balaban J connectivity index is 1.34. The maximum atomic E-state index is 13.7. The summed E-state index contributed by atoms with van der Waals surface area (Å²) in [5, 5.41) is 20.4. The van der Waals surface area contributed by atoms with Crippen LogP contribution in [0.25, 0.3) is 33.2 Å². The fourth-order valence-corrected chi connectivity index (χ4v) is 5.99. The number of aliphatic hydroxyl groups excluding tert-OH is 1. The van der Waals surface area contributed by atoms with Crippen LogP contribution in [0, 0.1) is 0 Å². The minimum Gasteiger partial charge on any atom is -0.480 e. The minimum absolute atomic E-state index is 0.0366. The van der Waals surface area contributed by atoms with Gasteiger partial charge < -0.3 is 25.2 Å². The lowest BCUT2D eigenvalue weighted by molar-refractivity contribution is -0.141. The van der Waals surface area contributed by atoms with E-state index in [0.29, 0.717) is 47.7 Å². The molecule has 0 amide bonds. The normalized spacial score (nSPS) is 16.7. The molecular formula is C32H28Cl2F3N7O4. The van der Waals surface area contributed by atoms with E-state index in [1.807, 2.05) is 0 Å². The molecule has 0 aliphatic carbocycles. The van der Waals surface area contributed by atoms with Crippen molar-refractivity contribution in [2.24, 2.45) is 7.05 Å². The standard InChI is InChI=1S/C32H28Cl2F3N7O4/c1-44-31(46)26-16(12-40-44)11-25(32(35,36)37)43-29(26)41-21-8-4-6-18(28(21)34)17-5-3-7-19(27(17)33)22-13-39-23(30(42-22)47-2)14-38-20-9-10-48-15-24(20)45/h3-8,11-13,20,24,38,45H,9-10,14-15H2,1-2H3,(H,41,43)/t20-,24+/m0/s1. The zero-order chi connectivity index (χ0) is 34.2. The molecule has 1 saturated heterocycles. The van der Waals surface area contributed by atoms with Gasteiger partial charge >= 0.3 is 6.18 Å². The molecule has 0 radical (unpaired) electrons. The largest absolute Gasteiger partial charge is 0.480 e. The topological polar surface area (TPSA) is 136 Å². The maximum absolute atomic E-state index is 13.7. The van der Waals surface area contributed by atoms with Crippen LogP contribution in [0.15, 0.2) is 59.7 Å². The van der Waals surface area contributed by atoms with Crippen molar-refractivity contribution in [3.05, 3.63) is 86.6 Å². The van der Waals surface area contributed by atoms with Crippen LogP contribution in [-0.4, -0.2) is 62.3 Å². The van der Waals surface area contributed by atoms with Gasteiger partial charge in [-0.3, -0.25) is 9.78 Å². The third-order valence-electron chi connectivity index (χ3n) is 7.90. The number of halogens is 5. The first-order valence-electron chi connectivity index (χ1n) is 14.6. The van der Waals surface area contributed by atoms with Crippen molar-refractivity contribution in [3.8, 4) is 28.3 Å². The molecule has 0 saturated carbocycles. The van der Waals surface area contributed by atoms with Crippen LogP contribution < -0.4 is 20.9 Å². The van der Waals surface area contributed by atoms with Gasteiger partial charge in [0.05, 0.1) is 59.0 Å². The lowest BCUT2D eigenvalue weighted by Crippen LogP contribution is -2.46. The summed E-state index contributed by atoms with van der Waals surface area (Å²) in [6.07, 6.45) is -2.04. The molecule has 0 bridgehead atoms. The third-order valence-corrected chi connectivity index (χ3v) is 8.71. The van der Waals surface area contributed by atoms with E-state index in [1.165, 1.54) is 20.4 Å². The first-order valence-corrected chi connectivity index (χ1v) is 15.4. The van der Waals surface area contributed by atoms with E-state index in [0.717, 1.165) is 10.7 Å². The Morgan fingerprint density at radius 3 is 2.54 bits per heavy atom. The van der Waals surface area contributed by atoms with Crippen molar-refractivity contribution in [2.45, 2.75) is 31.3 Å². The van der Waals surface area contributed by atoms with Crippen LogP contribution in [0.4, 0.5) is 24.7 Å². The molecular weight excluding hydrogens is 674 g/mol. The van der Waals surface area contributed by atoms with Crippen LogP contribution in [0.2, 0.25) is 10.0 Å². The second kappa shape index (κ2) is 13.6. The van der Waals surface area contributed by atoms with Gasteiger partial charge in [-0.05, 0) is 18.6 Å². The summed E-state index contributed by atoms with van der Waals surface area (Å²) >= 11 is 13.8. The molecule has 0 spiro atoms. The number of anilines is 2. The van der Waals surface area contributed by atoms with Gasteiger partial charge in [-0.2, -0.15) is 18.3 Å². The minimum atomic E-state index is -4.78. The third kappa shape index (κ3) is 6.66. The summed E-state index contributed by atoms with van der Waals surface area (Å²) in [6.45, 7) is 1.11. The fourth-order valence-electron chi connectivity index (χ4n) is 5.39. The van der Waals surface area contributed by atoms with Crippen LogP contribution in [-0.2, 0) is 24.5 Å². The number of aromatic nitrogens is 5. The first-order chi connectivity index (χ1) is 23.0. The highest BCUT2D eigenvalue weighted by Gasteiger charge is 2.34. The molecule has 4 heterocycles. The van der Waals surface area contributed by atoms with Crippen LogP contribution in [0.5, 0.6) is 5.88 Å². The Morgan fingerprint density at radius 2 is 1.81 bits per heavy atom. The van der Waals surface area contributed by atoms with E-state index in [2.05, 4.69) is 30.7 Å². The van der Waals surface area contributed by atoms with E-state index >= 15 is 0 Å². The number of ether oxygens (including phenoxy) is 2. The summed E-state index contributed by atoms with van der Waals surface area (Å²) in [6, 6.07) is 10.7. The van der Waals surface area contributed by atoms with Crippen LogP contribution in [0.3, 0.4) is 0 Å². The number of pyridine rings is 1. The molecule has 2 aromatic carbocycles. The van der Waals surface area contributed by atoms with Gasteiger partial charge in [0.2, 0.25) is 5.88 Å². The van der Waals surface area contributed by atoms with E-state index < -0.39 is 23.5 Å². The molecule has 11 nitrogen and oxygen atoms in total. The van der Waals surface area contributed by atoms with Gasteiger partial charge in [-0.1, -0.05) is 53.5 Å². The predicted molar refractivity (Wildman–Crippen MR) is 175 cm³/mol. The number of hydrogen-bond acceptors (Lipinski definition) is 10. The van der Waals surface area contributed by atoms with E-state index in [9.17, 15) is 23.1 Å². The van der Waals surface area contributed by atoms with Gasteiger partial charge in [0.1, 0.15) is 17.2 Å². The molecule has 6 rings (SSSR count). The Morgan fingerprint density at radius 1 is 1.08 bits per heavy atom. The van der Waals surface area contributed by atoms with Gasteiger partial charge in [-0.15, -0.1) is 0 Å². The lowest BCUT2D eigenvalue weighted by Gasteiger charge is -2.28. The predicted octanol–water partition coefficient (Wildman–Crippen LogP) is 5.77. The van der Waals surface area contributed by atoms with Crippen molar-refractivity contribution >= 4 is 45.5 Å². The zero-order valence-corrected chi connectivity index (χ0v) is 27.0. The number of fused-ring (bicyclic) bond motifs is 1. The number of nitrogens with one attached hydrogen (secondary N) is 2. The molecule has 250 valence electrons. The molecule has 3 aromatic heterocycles. The molecule has 1 aliphatic heterocycles. The van der Waals surface area contributed by atoms with E-state index in [4.69, 9.17) is 32.7 Å². The SMILES string of the molecule is COc1nc(-c2cccc(-c3cccc(Nc4nc(C(F)(F)F)cc5cnn(C)c(=O)c45)c3Cl)c2Cl)cnc1CN[C@H]1CCOC[C@H]1O. The Labute approximate surface area is 281 Å². The number of aryl methyl sites for hydroxylation is 1. The average molecular weight is 703 g/mol. The number of benzene rings is 2. The Hall–Kier alpha value is -4.34. The molecule has 2 atom stereocenters. The van der Waals surface area contributed by atoms with Crippen molar-refractivity contribution in [1.82, 2.24) is 30.0 Å². The van der Waals surface area contributed by atoms with Gasteiger partial charge in [0, 0.05) is 48.3 Å². The molecule has 5 aromatic rings. The summed E-state index contributed by atoms with van der Waals surface area (Å²) in [4.78, 5) is 25.8. The molecule has 1 fully saturated rings. The highest BCUT2D eigenvalue weighted by molar-refractivity contribution is 6.39. The number of alkyl halides is 3. The number of nitrogens with zero attached hydrogens (tertiary/aromatic N) is 5. The van der Waals surface area contributed by atoms with Gasteiger partial charge in [0.25, 0.3) is 5.56 Å². The average Bonchev–Trinajstić information content (AvgIpc) is 3.06.